The molecule has 0 fully saturated rings. The molecule has 0 unspecified atom stereocenters. The van der Waals surface area contributed by atoms with Gasteiger partial charge in [0.05, 0.1) is 18.6 Å². The predicted octanol–water partition coefficient (Wildman–Crippen LogP) is 2.56. The molecule has 0 N–H and O–H groups in total. The maximum absolute atomic E-state index is 11.3. The summed E-state index contributed by atoms with van der Waals surface area (Å²) >= 11 is 6.36. The molecule has 0 spiro atoms. The van der Waals surface area contributed by atoms with Crippen LogP contribution in [-0.4, -0.2) is 12.6 Å². The Labute approximate surface area is 113 Å². The zero-order valence-corrected chi connectivity index (χ0v) is 11.7. The largest absolute Gasteiger partial charge is 0.466 e. The van der Waals surface area contributed by atoms with Crippen LogP contribution < -0.4 is 0 Å². The average molecular weight is 347 g/mol. The first-order valence-electron chi connectivity index (χ1n) is 4.66. The van der Waals surface area contributed by atoms with Crippen molar-refractivity contribution in [3.05, 3.63) is 26.8 Å². The summed E-state index contributed by atoms with van der Waals surface area (Å²) in [5.74, 6) is -0.279. The van der Waals surface area contributed by atoms with Gasteiger partial charge < -0.3 is 4.74 Å². The minimum atomic E-state index is -0.279. The third kappa shape index (κ3) is 3.12. The molecule has 1 rings (SSSR count). The van der Waals surface area contributed by atoms with Crippen LogP contribution in [0.2, 0.25) is 0 Å². The molecule has 0 saturated heterocycles. The van der Waals surface area contributed by atoms with E-state index in [9.17, 15) is 4.79 Å². The fraction of sp³-hybridized carbons (Fsp3) is 0.273. The van der Waals surface area contributed by atoms with Crippen LogP contribution in [0, 0.1) is 14.9 Å². The number of rotatable bonds is 3. The Bertz CT molecular complexity index is 454. The van der Waals surface area contributed by atoms with Gasteiger partial charge in [-0.1, -0.05) is 6.07 Å². The Morgan fingerprint density at radius 1 is 1.62 bits per heavy atom. The van der Waals surface area contributed by atoms with E-state index in [-0.39, 0.29) is 12.4 Å². The number of ether oxygens (including phenoxy) is 1. The van der Waals surface area contributed by atoms with Gasteiger partial charge in [-0.05, 0) is 41.1 Å². The van der Waals surface area contributed by atoms with Gasteiger partial charge in [-0.2, -0.15) is 5.26 Å². The van der Waals surface area contributed by atoms with Gasteiger partial charge in [-0.15, -0.1) is 12.6 Å². The first kappa shape index (κ1) is 13.3. The highest BCUT2D eigenvalue weighted by molar-refractivity contribution is 14.1. The maximum atomic E-state index is 11.3. The van der Waals surface area contributed by atoms with Crippen molar-refractivity contribution in [3.63, 3.8) is 0 Å². The number of carbonyl (C=O) groups is 1. The molecule has 3 nitrogen and oxygen atoms in total. The Hall–Kier alpha value is -0.740. The van der Waals surface area contributed by atoms with Crippen molar-refractivity contribution in [1.82, 2.24) is 0 Å². The van der Waals surface area contributed by atoms with Crippen LogP contribution in [0.15, 0.2) is 17.0 Å². The van der Waals surface area contributed by atoms with Gasteiger partial charge in [0.25, 0.3) is 0 Å². The van der Waals surface area contributed by atoms with E-state index in [2.05, 4.69) is 18.7 Å². The molecule has 0 atom stereocenters. The fourth-order valence-electron chi connectivity index (χ4n) is 1.20. The number of hydrogen-bond acceptors (Lipinski definition) is 4. The molecule has 16 heavy (non-hydrogen) atoms. The number of benzene rings is 1. The molecule has 0 aliphatic rings. The number of hydrogen-bond donors (Lipinski definition) is 1. The second-order valence-electron chi connectivity index (χ2n) is 3.03. The zero-order chi connectivity index (χ0) is 12.1. The van der Waals surface area contributed by atoms with E-state index in [0.29, 0.717) is 17.1 Å². The van der Waals surface area contributed by atoms with Crippen molar-refractivity contribution < 1.29 is 9.53 Å². The van der Waals surface area contributed by atoms with E-state index in [1.807, 2.05) is 22.6 Å². The fourth-order valence-corrected chi connectivity index (χ4v) is 2.12. The Balaban J connectivity index is 2.96. The molecule has 0 radical (unpaired) electrons. The Morgan fingerprint density at radius 2 is 2.31 bits per heavy atom. The molecular weight excluding hydrogens is 337 g/mol. The van der Waals surface area contributed by atoms with Crippen LogP contribution in [0.5, 0.6) is 0 Å². The summed E-state index contributed by atoms with van der Waals surface area (Å²) in [6.45, 7) is 2.14. The molecule has 0 aliphatic heterocycles. The van der Waals surface area contributed by atoms with Crippen LogP contribution in [-0.2, 0) is 16.0 Å². The highest BCUT2D eigenvalue weighted by Gasteiger charge is 2.11. The lowest BCUT2D eigenvalue weighted by Crippen LogP contribution is -2.08. The van der Waals surface area contributed by atoms with Gasteiger partial charge in [-0.3, -0.25) is 4.79 Å². The number of thiol groups is 1. The molecule has 0 heterocycles. The summed E-state index contributed by atoms with van der Waals surface area (Å²) in [5, 5.41) is 8.82. The van der Waals surface area contributed by atoms with Crippen LogP contribution in [0.1, 0.15) is 18.1 Å². The topological polar surface area (TPSA) is 50.1 Å². The number of nitriles is 1. The molecule has 0 amide bonds. The second-order valence-corrected chi connectivity index (χ2v) is 4.55. The molecule has 0 aromatic heterocycles. The van der Waals surface area contributed by atoms with E-state index >= 15 is 0 Å². The van der Waals surface area contributed by atoms with Gasteiger partial charge in [0.1, 0.15) is 6.07 Å². The number of halogens is 1. The van der Waals surface area contributed by atoms with E-state index in [0.717, 1.165) is 9.13 Å². The lowest BCUT2D eigenvalue weighted by molar-refractivity contribution is -0.142. The summed E-state index contributed by atoms with van der Waals surface area (Å²) in [4.78, 5) is 12.0. The first-order chi connectivity index (χ1) is 7.60. The average Bonchev–Trinajstić information content (AvgIpc) is 2.25. The zero-order valence-electron chi connectivity index (χ0n) is 8.66. The van der Waals surface area contributed by atoms with Gasteiger partial charge in [0.2, 0.25) is 0 Å². The molecule has 84 valence electrons. The molecular formula is C11H10INO2S. The normalized spacial score (nSPS) is 9.62. The van der Waals surface area contributed by atoms with Gasteiger partial charge in [0, 0.05) is 8.47 Å². The van der Waals surface area contributed by atoms with E-state index < -0.39 is 0 Å². The number of esters is 1. The second kappa shape index (κ2) is 6.11. The quantitative estimate of drug-likeness (QED) is 0.519. The van der Waals surface area contributed by atoms with Gasteiger partial charge in [0.15, 0.2) is 0 Å². The SMILES string of the molecule is CCOC(=O)Cc1ccc(C#N)c(I)c1S. The monoisotopic (exact) mass is 347 g/mol. The number of nitrogens with zero attached hydrogens (tertiary/aromatic N) is 1. The molecule has 1 aromatic carbocycles. The summed E-state index contributed by atoms with van der Waals surface area (Å²) in [6.07, 6.45) is 0.189. The molecule has 5 heteroatoms. The predicted molar refractivity (Wildman–Crippen MR) is 71.5 cm³/mol. The summed E-state index contributed by atoms with van der Waals surface area (Å²) in [7, 11) is 0. The van der Waals surface area contributed by atoms with Gasteiger partial charge >= 0.3 is 5.97 Å². The number of carbonyl (C=O) groups excluding carboxylic acids is 1. The first-order valence-corrected chi connectivity index (χ1v) is 6.18. The smallest absolute Gasteiger partial charge is 0.310 e. The summed E-state index contributed by atoms with van der Waals surface area (Å²) in [6, 6.07) is 5.50. The summed E-state index contributed by atoms with van der Waals surface area (Å²) < 4.78 is 5.63. The third-order valence-electron chi connectivity index (χ3n) is 1.96. The third-order valence-corrected chi connectivity index (χ3v) is 4.02. The molecule has 0 aliphatic carbocycles. The van der Waals surface area contributed by atoms with Crippen molar-refractivity contribution in [2.75, 3.05) is 6.61 Å². The summed E-state index contributed by atoms with van der Waals surface area (Å²) in [5.41, 5.74) is 1.35. The molecule has 0 bridgehead atoms. The standard InChI is InChI=1S/C11H10INO2S/c1-2-15-9(14)5-7-3-4-8(6-13)10(12)11(7)16/h3-4,16H,2,5H2,1H3. The Morgan fingerprint density at radius 3 is 2.88 bits per heavy atom. The highest BCUT2D eigenvalue weighted by atomic mass is 127. The minimum Gasteiger partial charge on any atom is -0.466 e. The van der Waals surface area contributed by atoms with E-state index in [4.69, 9.17) is 10.00 Å². The van der Waals surface area contributed by atoms with Crippen LogP contribution in [0.25, 0.3) is 0 Å². The van der Waals surface area contributed by atoms with Gasteiger partial charge in [-0.25, -0.2) is 0 Å². The molecule has 1 aromatic rings. The lowest BCUT2D eigenvalue weighted by atomic mass is 10.1. The molecule has 0 saturated carbocycles. The van der Waals surface area contributed by atoms with Crippen molar-refractivity contribution in [3.8, 4) is 6.07 Å². The highest BCUT2D eigenvalue weighted by Crippen LogP contribution is 2.25. The lowest BCUT2D eigenvalue weighted by Gasteiger charge is -2.07. The van der Waals surface area contributed by atoms with Crippen LogP contribution >= 0.6 is 35.2 Å². The van der Waals surface area contributed by atoms with E-state index in [1.165, 1.54) is 0 Å². The van der Waals surface area contributed by atoms with Crippen molar-refractivity contribution in [2.24, 2.45) is 0 Å². The minimum absolute atomic E-state index is 0.189. The van der Waals surface area contributed by atoms with Crippen LogP contribution in [0.3, 0.4) is 0 Å². The Kier molecular flexibility index (Phi) is 5.09. The van der Waals surface area contributed by atoms with E-state index in [1.54, 1.807) is 19.1 Å². The van der Waals surface area contributed by atoms with Crippen molar-refractivity contribution in [1.29, 1.82) is 5.26 Å². The maximum Gasteiger partial charge on any atom is 0.310 e. The van der Waals surface area contributed by atoms with Crippen molar-refractivity contribution in [2.45, 2.75) is 18.2 Å². The van der Waals surface area contributed by atoms with Crippen LogP contribution in [0.4, 0.5) is 0 Å². The van der Waals surface area contributed by atoms with Crippen molar-refractivity contribution >= 4 is 41.2 Å².